The van der Waals surface area contributed by atoms with Gasteiger partial charge in [-0.25, -0.2) is 0 Å². The SMILES string of the molecule is CCN(Cc1ccccc1)C(=O)CNC(=NC)NCCCN1CCCCC1C.I. The van der Waals surface area contributed by atoms with Crippen molar-refractivity contribution in [1.82, 2.24) is 20.4 Å². The molecule has 1 aromatic rings. The molecule has 1 atom stereocenters. The predicted molar refractivity (Wildman–Crippen MR) is 132 cm³/mol. The number of hydrogen-bond donors (Lipinski definition) is 2. The summed E-state index contributed by atoms with van der Waals surface area (Å²) in [6.07, 6.45) is 5.07. The minimum absolute atomic E-state index is 0. The van der Waals surface area contributed by atoms with Crippen molar-refractivity contribution in [3.8, 4) is 0 Å². The van der Waals surface area contributed by atoms with Crippen LogP contribution >= 0.6 is 24.0 Å². The average Bonchev–Trinajstić information content (AvgIpc) is 2.73. The van der Waals surface area contributed by atoms with Gasteiger partial charge in [-0.3, -0.25) is 9.79 Å². The third-order valence-corrected chi connectivity index (χ3v) is 5.44. The molecule has 0 saturated carbocycles. The number of carbonyl (C=O) groups excluding carboxylic acids is 1. The number of rotatable bonds is 9. The Morgan fingerprint density at radius 1 is 1.24 bits per heavy atom. The molecule has 29 heavy (non-hydrogen) atoms. The van der Waals surface area contributed by atoms with E-state index in [9.17, 15) is 4.79 Å². The maximum absolute atomic E-state index is 12.5. The van der Waals surface area contributed by atoms with E-state index in [4.69, 9.17) is 0 Å². The predicted octanol–water partition coefficient (Wildman–Crippen LogP) is 3.08. The van der Waals surface area contributed by atoms with Crippen LogP contribution in [-0.2, 0) is 11.3 Å². The van der Waals surface area contributed by atoms with Crippen LogP contribution in [0.5, 0.6) is 0 Å². The first-order chi connectivity index (χ1) is 13.6. The van der Waals surface area contributed by atoms with Gasteiger partial charge in [0.2, 0.25) is 5.91 Å². The third-order valence-electron chi connectivity index (χ3n) is 5.44. The Kier molecular flexibility index (Phi) is 12.9. The van der Waals surface area contributed by atoms with Crippen LogP contribution in [0, 0.1) is 0 Å². The molecule has 1 aliphatic heterocycles. The summed E-state index contributed by atoms with van der Waals surface area (Å²) < 4.78 is 0. The smallest absolute Gasteiger partial charge is 0.242 e. The second-order valence-corrected chi connectivity index (χ2v) is 7.48. The van der Waals surface area contributed by atoms with E-state index in [0.717, 1.165) is 25.1 Å². The number of carbonyl (C=O) groups is 1. The average molecular weight is 515 g/mol. The molecule has 1 fully saturated rings. The summed E-state index contributed by atoms with van der Waals surface area (Å²) in [5.74, 6) is 0.771. The van der Waals surface area contributed by atoms with E-state index < -0.39 is 0 Å². The fourth-order valence-electron chi connectivity index (χ4n) is 3.65. The zero-order valence-corrected chi connectivity index (χ0v) is 20.5. The Bertz CT molecular complexity index is 610. The highest BCUT2D eigenvalue weighted by atomic mass is 127. The van der Waals surface area contributed by atoms with Gasteiger partial charge in [-0.15, -0.1) is 24.0 Å². The molecule has 1 amide bonds. The van der Waals surface area contributed by atoms with Gasteiger partial charge in [0.05, 0.1) is 6.54 Å². The molecule has 1 aliphatic rings. The molecule has 1 heterocycles. The second-order valence-electron chi connectivity index (χ2n) is 7.48. The van der Waals surface area contributed by atoms with E-state index in [1.165, 1.54) is 25.8 Å². The summed E-state index contributed by atoms with van der Waals surface area (Å²) in [6, 6.07) is 10.8. The lowest BCUT2D eigenvalue weighted by Crippen LogP contribution is -2.45. The van der Waals surface area contributed by atoms with E-state index in [0.29, 0.717) is 25.1 Å². The lowest BCUT2D eigenvalue weighted by Gasteiger charge is -2.33. The van der Waals surface area contributed by atoms with E-state index >= 15 is 0 Å². The maximum atomic E-state index is 12.5. The molecule has 2 N–H and O–H groups in total. The van der Waals surface area contributed by atoms with Crippen molar-refractivity contribution in [1.29, 1.82) is 0 Å². The van der Waals surface area contributed by atoms with E-state index in [2.05, 4.69) is 27.4 Å². The molecule has 0 spiro atoms. The monoisotopic (exact) mass is 515 g/mol. The van der Waals surface area contributed by atoms with Gasteiger partial charge in [-0.1, -0.05) is 36.8 Å². The molecule has 6 nitrogen and oxygen atoms in total. The van der Waals surface area contributed by atoms with Crippen LogP contribution in [0.4, 0.5) is 0 Å². The fourth-order valence-corrected chi connectivity index (χ4v) is 3.65. The van der Waals surface area contributed by atoms with E-state index in [1.807, 2.05) is 42.2 Å². The molecule has 1 aromatic carbocycles. The Morgan fingerprint density at radius 3 is 2.66 bits per heavy atom. The van der Waals surface area contributed by atoms with Gasteiger partial charge in [0, 0.05) is 39.3 Å². The van der Waals surface area contributed by atoms with Crippen LogP contribution in [0.15, 0.2) is 35.3 Å². The first kappa shape index (κ1) is 25.7. The Labute approximate surface area is 193 Å². The zero-order valence-electron chi connectivity index (χ0n) is 18.2. The minimum atomic E-state index is 0. The Balaban J connectivity index is 0.00000420. The van der Waals surface area contributed by atoms with Crippen LogP contribution in [-0.4, -0.2) is 67.5 Å². The highest BCUT2D eigenvalue weighted by Crippen LogP contribution is 2.16. The van der Waals surface area contributed by atoms with Crippen molar-refractivity contribution >= 4 is 35.8 Å². The molecule has 1 unspecified atom stereocenters. The fraction of sp³-hybridized carbons (Fsp3) is 0.636. The number of halogens is 1. The number of likely N-dealkylation sites (tertiary alicyclic amines) is 1. The van der Waals surface area contributed by atoms with Gasteiger partial charge >= 0.3 is 0 Å². The summed E-state index contributed by atoms with van der Waals surface area (Å²) >= 11 is 0. The van der Waals surface area contributed by atoms with Crippen molar-refractivity contribution in [2.24, 2.45) is 4.99 Å². The molecule has 0 bridgehead atoms. The van der Waals surface area contributed by atoms with E-state index in [-0.39, 0.29) is 36.4 Å². The number of piperidine rings is 1. The van der Waals surface area contributed by atoms with Gasteiger partial charge in [0.25, 0.3) is 0 Å². The van der Waals surface area contributed by atoms with Gasteiger partial charge < -0.3 is 20.4 Å². The first-order valence-corrected chi connectivity index (χ1v) is 10.6. The summed E-state index contributed by atoms with van der Waals surface area (Å²) in [4.78, 5) is 21.2. The number of guanidine groups is 1. The zero-order chi connectivity index (χ0) is 20.2. The van der Waals surface area contributed by atoms with Crippen molar-refractivity contribution in [2.75, 3.05) is 39.8 Å². The lowest BCUT2D eigenvalue weighted by molar-refractivity contribution is -0.130. The number of likely N-dealkylation sites (N-methyl/N-ethyl adjacent to an activating group) is 1. The largest absolute Gasteiger partial charge is 0.356 e. The summed E-state index contributed by atoms with van der Waals surface area (Å²) in [5.41, 5.74) is 1.15. The van der Waals surface area contributed by atoms with Crippen LogP contribution in [0.25, 0.3) is 0 Å². The molecule has 1 saturated heterocycles. The van der Waals surface area contributed by atoms with Gasteiger partial charge in [-0.05, 0) is 45.2 Å². The molecule has 2 rings (SSSR count). The summed E-state index contributed by atoms with van der Waals surface area (Å²) in [6.45, 7) is 9.11. The highest BCUT2D eigenvalue weighted by Gasteiger charge is 2.17. The van der Waals surface area contributed by atoms with Gasteiger partial charge in [0.15, 0.2) is 5.96 Å². The summed E-state index contributed by atoms with van der Waals surface area (Å²) in [5, 5.41) is 6.48. The number of hydrogen-bond acceptors (Lipinski definition) is 3. The van der Waals surface area contributed by atoms with Gasteiger partial charge in [0.1, 0.15) is 0 Å². The first-order valence-electron chi connectivity index (χ1n) is 10.6. The maximum Gasteiger partial charge on any atom is 0.242 e. The number of benzene rings is 1. The topological polar surface area (TPSA) is 60.0 Å². The molecule has 0 aliphatic carbocycles. The number of nitrogens with zero attached hydrogens (tertiary/aromatic N) is 3. The lowest BCUT2D eigenvalue weighted by atomic mass is 10.0. The summed E-state index contributed by atoms with van der Waals surface area (Å²) in [7, 11) is 1.74. The standard InChI is InChI=1S/C22H37N5O.HI/c1-4-26(18-20-12-6-5-7-13-20)21(28)17-25-22(23-3)24-14-10-16-27-15-9-8-11-19(27)2;/h5-7,12-13,19H,4,8-11,14-18H2,1-3H3,(H2,23,24,25);1H. The molecule has 0 radical (unpaired) electrons. The quantitative estimate of drug-likeness (QED) is 0.230. The molecule has 164 valence electrons. The van der Waals surface area contributed by atoms with Crippen molar-refractivity contribution in [3.63, 3.8) is 0 Å². The Hall–Kier alpha value is -1.35. The Morgan fingerprint density at radius 2 is 2.00 bits per heavy atom. The number of aliphatic imine (C=N–C) groups is 1. The van der Waals surface area contributed by atoms with Crippen molar-refractivity contribution < 1.29 is 4.79 Å². The van der Waals surface area contributed by atoms with Crippen LogP contribution in [0.2, 0.25) is 0 Å². The number of nitrogens with one attached hydrogen (secondary N) is 2. The molecular formula is C22H38IN5O. The molecule has 7 heteroatoms. The van der Waals surface area contributed by atoms with Crippen LogP contribution in [0.1, 0.15) is 45.1 Å². The normalized spacial score (nSPS) is 17.3. The molecule has 0 aromatic heterocycles. The minimum Gasteiger partial charge on any atom is -0.356 e. The van der Waals surface area contributed by atoms with Crippen molar-refractivity contribution in [3.05, 3.63) is 35.9 Å². The number of amides is 1. The van der Waals surface area contributed by atoms with Crippen molar-refractivity contribution in [2.45, 2.75) is 52.1 Å². The van der Waals surface area contributed by atoms with Crippen LogP contribution < -0.4 is 10.6 Å². The van der Waals surface area contributed by atoms with E-state index in [1.54, 1.807) is 7.05 Å². The highest BCUT2D eigenvalue weighted by molar-refractivity contribution is 14.0. The second kappa shape index (κ2) is 14.6. The van der Waals surface area contributed by atoms with Gasteiger partial charge in [-0.2, -0.15) is 0 Å². The molecular weight excluding hydrogens is 477 g/mol. The van der Waals surface area contributed by atoms with Crippen LogP contribution in [0.3, 0.4) is 0 Å². The third kappa shape index (κ3) is 9.33.